The minimum Gasteiger partial charge on any atom is -0.352 e. The van der Waals surface area contributed by atoms with Crippen LogP contribution in [0.1, 0.15) is 20.3 Å². The monoisotopic (exact) mass is 218 g/mol. The quantitative estimate of drug-likeness (QED) is 0.736. The molecule has 1 aliphatic heterocycles. The Kier molecular flexibility index (Phi) is 3.78. The standard InChI is InChI=1S/C10H18N2O.ClH/c1-3-6(2)10(13)12-9-7-4-11-5-8(7)9;/h6-9,11H,3-5H2,1-2H3,(H,12,13);1H/t6?,7-,8+,9?;. The molecule has 14 heavy (non-hydrogen) atoms. The summed E-state index contributed by atoms with van der Waals surface area (Å²) in [5.41, 5.74) is 0. The molecule has 82 valence electrons. The van der Waals surface area contributed by atoms with Crippen LogP contribution in [0.2, 0.25) is 0 Å². The van der Waals surface area contributed by atoms with E-state index in [1.165, 1.54) is 0 Å². The normalized spacial score (nSPS) is 35.4. The van der Waals surface area contributed by atoms with Crippen molar-refractivity contribution in [1.29, 1.82) is 0 Å². The van der Waals surface area contributed by atoms with Crippen molar-refractivity contribution in [2.45, 2.75) is 26.3 Å². The van der Waals surface area contributed by atoms with Gasteiger partial charge in [-0.25, -0.2) is 0 Å². The number of nitrogens with one attached hydrogen (secondary N) is 2. The minimum atomic E-state index is 0. The smallest absolute Gasteiger partial charge is 0.223 e. The molecule has 3 nitrogen and oxygen atoms in total. The van der Waals surface area contributed by atoms with Gasteiger partial charge in [0.25, 0.3) is 0 Å². The molecule has 4 atom stereocenters. The van der Waals surface area contributed by atoms with Crippen molar-refractivity contribution in [1.82, 2.24) is 10.6 Å². The summed E-state index contributed by atoms with van der Waals surface area (Å²) in [6.45, 7) is 6.23. The summed E-state index contributed by atoms with van der Waals surface area (Å²) in [7, 11) is 0. The second kappa shape index (κ2) is 4.49. The van der Waals surface area contributed by atoms with Crippen LogP contribution in [0.15, 0.2) is 0 Å². The first-order valence-corrected chi connectivity index (χ1v) is 5.25. The summed E-state index contributed by atoms with van der Waals surface area (Å²) in [6, 6.07) is 0.489. The zero-order valence-electron chi connectivity index (χ0n) is 8.75. The van der Waals surface area contributed by atoms with Crippen LogP contribution < -0.4 is 10.6 Å². The van der Waals surface area contributed by atoms with E-state index in [0.29, 0.717) is 6.04 Å². The number of halogens is 1. The van der Waals surface area contributed by atoms with Crippen LogP contribution in [0.4, 0.5) is 0 Å². The van der Waals surface area contributed by atoms with E-state index in [-0.39, 0.29) is 24.2 Å². The molecule has 1 aliphatic carbocycles. The molecule has 0 radical (unpaired) electrons. The summed E-state index contributed by atoms with van der Waals surface area (Å²) in [6.07, 6.45) is 0.937. The maximum Gasteiger partial charge on any atom is 0.223 e. The third kappa shape index (κ3) is 2.04. The van der Waals surface area contributed by atoms with Gasteiger partial charge in [-0.15, -0.1) is 12.4 Å². The highest BCUT2D eigenvalue weighted by Crippen LogP contribution is 2.41. The summed E-state index contributed by atoms with van der Waals surface area (Å²) < 4.78 is 0. The molecule has 2 fully saturated rings. The van der Waals surface area contributed by atoms with Crippen molar-refractivity contribution in [3.63, 3.8) is 0 Å². The molecule has 4 heteroatoms. The van der Waals surface area contributed by atoms with Gasteiger partial charge in [0, 0.05) is 25.0 Å². The molecule has 2 rings (SSSR count). The molecule has 2 N–H and O–H groups in total. The van der Waals surface area contributed by atoms with Crippen LogP contribution >= 0.6 is 12.4 Å². The van der Waals surface area contributed by atoms with Crippen LogP contribution in [-0.2, 0) is 4.79 Å². The number of carbonyl (C=O) groups is 1. The number of hydrogen-bond acceptors (Lipinski definition) is 2. The molecule has 2 aliphatic rings. The molecule has 1 amide bonds. The molecule has 0 bridgehead atoms. The molecular weight excluding hydrogens is 200 g/mol. The minimum absolute atomic E-state index is 0. The largest absolute Gasteiger partial charge is 0.352 e. The fourth-order valence-corrected chi connectivity index (χ4v) is 2.12. The molecular formula is C10H19ClN2O. The highest BCUT2D eigenvalue weighted by molar-refractivity contribution is 5.85. The Bertz CT molecular complexity index is 212. The third-order valence-corrected chi connectivity index (χ3v) is 3.46. The van der Waals surface area contributed by atoms with Gasteiger partial charge in [0.2, 0.25) is 5.91 Å². The predicted octanol–water partition coefficient (Wildman–Crippen LogP) is 0.788. The van der Waals surface area contributed by atoms with Crippen molar-refractivity contribution in [2.24, 2.45) is 17.8 Å². The van der Waals surface area contributed by atoms with E-state index in [2.05, 4.69) is 17.6 Å². The summed E-state index contributed by atoms with van der Waals surface area (Å²) in [5, 5.41) is 6.44. The van der Waals surface area contributed by atoms with Crippen LogP contribution in [-0.4, -0.2) is 25.0 Å². The third-order valence-electron chi connectivity index (χ3n) is 3.46. The van der Waals surface area contributed by atoms with E-state index in [9.17, 15) is 4.79 Å². The van der Waals surface area contributed by atoms with Crippen molar-refractivity contribution < 1.29 is 4.79 Å². The van der Waals surface area contributed by atoms with Crippen LogP contribution in [0.5, 0.6) is 0 Å². The highest BCUT2D eigenvalue weighted by Gasteiger charge is 2.53. The predicted molar refractivity (Wildman–Crippen MR) is 58.5 cm³/mol. The Hall–Kier alpha value is -0.280. The van der Waals surface area contributed by atoms with Gasteiger partial charge >= 0.3 is 0 Å². The van der Waals surface area contributed by atoms with Gasteiger partial charge in [0.15, 0.2) is 0 Å². The van der Waals surface area contributed by atoms with E-state index in [1.807, 2.05) is 6.92 Å². The molecule has 1 saturated carbocycles. The summed E-state index contributed by atoms with van der Waals surface area (Å²) in [4.78, 5) is 11.5. The van der Waals surface area contributed by atoms with Crippen LogP contribution in [0, 0.1) is 17.8 Å². The van der Waals surface area contributed by atoms with Gasteiger partial charge in [0.1, 0.15) is 0 Å². The molecule has 0 aromatic heterocycles. The maximum atomic E-state index is 11.5. The van der Waals surface area contributed by atoms with Crippen molar-refractivity contribution in [3.05, 3.63) is 0 Å². The molecule has 0 spiro atoms. The molecule has 1 saturated heterocycles. The van der Waals surface area contributed by atoms with E-state index in [0.717, 1.165) is 31.3 Å². The lowest BCUT2D eigenvalue weighted by molar-refractivity contribution is -0.124. The zero-order chi connectivity index (χ0) is 9.42. The number of piperidine rings is 1. The van der Waals surface area contributed by atoms with Gasteiger partial charge in [0.05, 0.1) is 0 Å². The van der Waals surface area contributed by atoms with E-state index in [4.69, 9.17) is 0 Å². The summed E-state index contributed by atoms with van der Waals surface area (Å²) in [5.74, 6) is 1.87. The van der Waals surface area contributed by atoms with Crippen LogP contribution in [0.25, 0.3) is 0 Å². The Morgan fingerprint density at radius 3 is 2.57 bits per heavy atom. The van der Waals surface area contributed by atoms with Gasteiger partial charge in [-0.05, 0) is 18.3 Å². The van der Waals surface area contributed by atoms with Crippen molar-refractivity contribution in [2.75, 3.05) is 13.1 Å². The Balaban J connectivity index is 0.000000980. The second-order valence-electron chi connectivity index (χ2n) is 4.33. The number of rotatable bonds is 3. The Morgan fingerprint density at radius 2 is 2.07 bits per heavy atom. The lowest BCUT2D eigenvalue weighted by Crippen LogP contribution is -2.35. The number of fused-ring (bicyclic) bond motifs is 1. The number of carbonyl (C=O) groups excluding carboxylic acids is 1. The second-order valence-corrected chi connectivity index (χ2v) is 4.33. The fourth-order valence-electron chi connectivity index (χ4n) is 2.12. The number of amides is 1. The Labute approximate surface area is 91.4 Å². The first-order valence-electron chi connectivity index (χ1n) is 5.25. The van der Waals surface area contributed by atoms with Crippen LogP contribution in [0.3, 0.4) is 0 Å². The highest BCUT2D eigenvalue weighted by atomic mass is 35.5. The molecule has 0 aromatic rings. The first kappa shape index (κ1) is 11.8. The SMILES string of the molecule is CCC(C)C(=O)NC1[C@H]2CNC[C@@H]12.Cl. The topological polar surface area (TPSA) is 41.1 Å². The van der Waals surface area contributed by atoms with Gasteiger partial charge in [-0.1, -0.05) is 13.8 Å². The zero-order valence-corrected chi connectivity index (χ0v) is 9.56. The van der Waals surface area contributed by atoms with Gasteiger partial charge in [-0.2, -0.15) is 0 Å². The van der Waals surface area contributed by atoms with E-state index < -0.39 is 0 Å². The molecule has 2 unspecified atom stereocenters. The fraction of sp³-hybridized carbons (Fsp3) is 0.900. The summed E-state index contributed by atoms with van der Waals surface area (Å²) >= 11 is 0. The van der Waals surface area contributed by atoms with Gasteiger partial charge < -0.3 is 10.6 Å². The molecule has 0 aromatic carbocycles. The lowest BCUT2D eigenvalue weighted by atomic mass is 10.1. The first-order chi connectivity index (χ1) is 6.24. The Morgan fingerprint density at radius 1 is 1.50 bits per heavy atom. The number of hydrogen-bond donors (Lipinski definition) is 2. The average Bonchev–Trinajstić information content (AvgIpc) is 2.63. The average molecular weight is 219 g/mol. The van der Waals surface area contributed by atoms with Crippen molar-refractivity contribution in [3.8, 4) is 0 Å². The maximum absolute atomic E-state index is 11.5. The van der Waals surface area contributed by atoms with Crippen molar-refractivity contribution >= 4 is 18.3 Å². The van der Waals surface area contributed by atoms with Gasteiger partial charge in [-0.3, -0.25) is 4.79 Å². The van der Waals surface area contributed by atoms with E-state index in [1.54, 1.807) is 0 Å². The lowest BCUT2D eigenvalue weighted by Gasteiger charge is -2.11. The van der Waals surface area contributed by atoms with E-state index >= 15 is 0 Å². The molecule has 1 heterocycles.